The van der Waals surface area contributed by atoms with Crippen LogP contribution in [0, 0.1) is 0 Å². The Morgan fingerprint density at radius 1 is 1.42 bits per heavy atom. The minimum absolute atomic E-state index is 0.0159. The zero-order chi connectivity index (χ0) is 18.5. The first-order valence-electron chi connectivity index (χ1n) is 8.64. The summed E-state index contributed by atoms with van der Waals surface area (Å²) in [5, 5.41) is 11.2. The molecule has 1 fully saturated rings. The summed E-state index contributed by atoms with van der Waals surface area (Å²) in [5.41, 5.74) is 2.79. The van der Waals surface area contributed by atoms with Gasteiger partial charge in [0, 0.05) is 18.3 Å². The second-order valence-corrected chi connectivity index (χ2v) is 7.55. The highest BCUT2D eigenvalue weighted by Gasteiger charge is 2.31. The standard InChI is InChI=1S/C19H22N2O4S/c1-12(22)14-4-5-15(20-11-14)8-9-25-16-6-2-13(3-7-16)10-17-18(23)21-19(24)26-17/h2-6,11-12,16-17,22H,7-10H2,1H3,(H,21,23,24). The number of aliphatic hydroxyl groups is 1. The highest BCUT2D eigenvalue weighted by molar-refractivity contribution is 8.15. The van der Waals surface area contributed by atoms with E-state index in [2.05, 4.69) is 16.4 Å². The molecule has 2 N–H and O–H groups in total. The Morgan fingerprint density at radius 3 is 2.85 bits per heavy atom. The van der Waals surface area contributed by atoms with Crippen LogP contribution in [0.25, 0.3) is 0 Å². The summed E-state index contributed by atoms with van der Waals surface area (Å²) in [5.74, 6) is -0.207. The molecule has 1 aromatic heterocycles. The predicted molar refractivity (Wildman–Crippen MR) is 99.7 cm³/mol. The summed E-state index contributed by atoms with van der Waals surface area (Å²) in [7, 11) is 0. The number of amides is 2. The van der Waals surface area contributed by atoms with Gasteiger partial charge >= 0.3 is 0 Å². The molecule has 0 radical (unpaired) electrons. The van der Waals surface area contributed by atoms with Crippen LogP contribution in [0.15, 0.2) is 42.1 Å². The van der Waals surface area contributed by atoms with Crippen molar-refractivity contribution >= 4 is 22.9 Å². The molecular weight excluding hydrogens is 352 g/mol. The van der Waals surface area contributed by atoms with Gasteiger partial charge in [-0.05, 0) is 31.4 Å². The quantitative estimate of drug-likeness (QED) is 0.763. The number of pyridine rings is 1. The van der Waals surface area contributed by atoms with E-state index in [1.54, 1.807) is 13.1 Å². The van der Waals surface area contributed by atoms with Crippen molar-refractivity contribution in [1.29, 1.82) is 0 Å². The first kappa shape index (κ1) is 18.8. The third-order valence-electron chi connectivity index (χ3n) is 4.35. The number of nitrogens with one attached hydrogen (secondary N) is 1. The van der Waals surface area contributed by atoms with Gasteiger partial charge in [-0.25, -0.2) is 0 Å². The van der Waals surface area contributed by atoms with E-state index in [0.29, 0.717) is 19.4 Å². The average molecular weight is 374 g/mol. The van der Waals surface area contributed by atoms with Crippen molar-refractivity contribution < 1.29 is 19.4 Å². The number of ether oxygens (including phenoxy) is 1. The van der Waals surface area contributed by atoms with Crippen LogP contribution in [-0.2, 0) is 16.0 Å². The number of thioether (sulfide) groups is 1. The minimum atomic E-state index is -0.506. The number of carbonyl (C=O) groups excluding carboxylic acids is 2. The maximum Gasteiger partial charge on any atom is 0.286 e. The van der Waals surface area contributed by atoms with E-state index in [-0.39, 0.29) is 22.5 Å². The molecule has 1 aromatic rings. The molecule has 2 aliphatic rings. The zero-order valence-corrected chi connectivity index (χ0v) is 15.4. The number of nitrogens with zero attached hydrogens (tertiary/aromatic N) is 1. The lowest BCUT2D eigenvalue weighted by Crippen LogP contribution is -2.24. The van der Waals surface area contributed by atoms with E-state index in [0.717, 1.165) is 35.0 Å². The number of carbonyl (C=O) groups is 2. The second kappa shape index (κ2) is 8.62. The van der Waals surface area contributed by atoms with Crippen molar-refractivity contribution in [2.75, 3.05) is 6.61 Å². The predicted octanol–water partition coefficient (Wildman–Crippen LogP) is 2.69. The number of imide groups is 1. The number of rotatable bonds is 7. The Hall–Kier alpha value is -1.96. The lowest BCUT2D eigenvalue weighted by molar-refractivity contribution is -0.118. The molecule has 7 heteroatoms. The normalized spacial score (nSPS) is 23.7. The molecule has 138 valence electrons. The summed E-state index contributed by atoms with van der Waals surface area (Å²) in [6.45, 7) is 2.28. The van der Waals surface area contributed by atoms with Crippen LogP contribution in [0.2, 0.25) is 0 Å². The molecule has 6 nitrogen and oxygen atoms in total. The van der Waals surface area contributed by atoms with Crippen LogP contribution in [0.5, 0.6) is 0 Å². The van der Waals surface area contributed by atoms with Crippen molar-refractivity contribution in [3.8, 4) is 0 Å². The van der Waals surface area contributed by atoms with Gasteiger partial charge < -0.3 is 9.84 Å². The molecule has 3 unspecified atom stereocenters. The van der Waals surface area contributed by atoms with Crippen LogP contribution in [0.4, 0.5) is 4.79 Å². The van der Waals surface area contributed by atoms with E-state index in [1.807, 2.05) is 24.3 Å². The van der Waals surface area contributed by atoms with Gasteiger partial charge in [0.1, 0.15) is 0 Å². The van der Waals surface area contributed by atoms with Gasteiger partial charge in [0.2, 0.25) is 5.91 Å². The summed E-state index contributed by atoms with van der Waals surface area (Å²) in [4.78, 5) is 27.1. The summed E-state index contributed by atoms with van der Waals surface area (Å²) >= 11 is 1.05. The minimum Gasteiger partial charge on any atom is -0.389 e. The fourth-order valence-corrected chi connectivity index (χ4v) is 3.67. The Bertz CT molecular complexity index is 728. The molecule has 0 aromatic carbocycles. The highest BCUT2D eigenvalue weighted by atomic mass is 32.2. The Kier molecular flexibility index (Phi) is 6.24. The monoisotopic (exact) mass is 374 g/mol. The molecule has 0 spiro atoms. The largest absolute Gasteiger partial charge is 0.389 e. The number of hydrogen-bond acceptors (Lipinski definition) is 6. The number of aliphatic hydroxyl groups excluding tert-OH is 1. The Morgan fingerprint density at radius 2 is 2.27 bits per heavy atom. The van der Waals surface area contributed by atoms with E-state index < -0.39 is 6.10 Å². The van der Waals surface area contributed by atoms with Crippen molar-refractivity contribution in [3.63, 3.8) is 0 Å². The first-order chi connectivity index (χ1) is 12.5. The van der Waals surface area contributed by atoms with Gasteiger partial charge in [0.25, 0.3) is 5.24 Å². The third kappa shape index (κ3) is 5.03. The molecule has 2 amide bonds. The molecule has 3 rings (SSSR count). The van der Waals surface area contributed by atoms with Gasteiger partial charge in [-0.1, -0.05) is 41.6 Å². The lowest BCUT2D eigenvalue weighted by atomic mass is 10.0. The van der Waals surface area contributed by atoms with Gasteiger partial charge in [0.05, 0.1) is 24.1 Å². The van der Waals surface area contributed by atoms with E-state index in [4.69, 9.17) is 4.74 Å². The smallest absolute Gasteiger partial charge is 0.286 e. The molecule has 2 heterocycles. The number of allylic oxidation sites excluding steroid dienone is 2. The summed E-state index contributed by atoms with van der Waals surface area (Å²) in [6.07, 6.45) is 9.27. The van der Waals surface area contributed by atoms with Gasteiger partial charge in [-0.2, -0.15) is 0 Å². The first-order valence-corrected chi connectivity index (χ1v) is 9.52. The van der Waals surface area contributed by atoms with Crippen molar-refractivity contribution in [2.24, 2.45) is 0 Å². The van der Waals surface area contributed by atoms with Crippen LogP contribution < -0.4 is 5.32 Å². The Balaban J connectivity index is 1.40. The van der Waals surface area contributed by atoms with Crippen LogP contribution >= 0.6 is 11.8 Å². The fourth-order valence-electron chi connectivity index (χ4n) is 2.81. The molecule has 3 atom stereocenters. The Labute approximate surface area is 156 Å². The number of aromatic nitrogens is 1. The molecule has 26 heavy (non-hydrogen) atoms. The van der Waals surface area contributed by atoms with Crippen LogP contribution in [0.3, 0.4) is 0 Å². The maximum absolute atomic E-state index is 11.6. The summed E-state index contributed by atoms with van der Waals surface area (Å²) in [6, 6.07) is 3.79. The van der Waals surface area contributed by atoms with Gasteiger partial charge in [-0.15, -0.1) is 0 Å². The second-order valence-electron chi connectivity index (χ2n) is 6.38. The molecule has 0 bridgehead atoms. The maximum atomic E-state index is 11.6. The van der Waals surface area contributed by atoms with Crippen LogP contribution in [0.1, 0.15) is 37.1 Å². The molecule has 0 saturated carbocycles. The van der Waals surface area contributed by atoms with Crippen molar-refractivity contribution in [3.05, 3.63) is 53.4 Å². The highest BCUT2D eigenvalue weighted by Crippen LogP contribution is 2.27. The molecule has 1 aliphatic carbocycles. The van der Waals surface area contributed by atoms with Gasteiger partial charge in [-0.3, -0.25) is 19.9 Å². The fraction of sp³-hybridized carbons (Fsp3) is 0.421. The molecule has 1 aliphatic heterocycles. The summed E-state index contributed by atoms with van der Waals surface area (Å²) < 4.78 is 5.86. The van der Waals surface area contributed by atoms with Crippen molar-refractivity contribution in [1.82, 2.24) is 10.3 Å². The number of hydrogen-bond donors (Lipinski definition) is 2. The van der Waals surface area contributed by atoms with Gasteiger partial charge in [0.15, 0.2) is 0 Å². The van der Waals surface area contributed by atoms with Crippen molar-refractivity contribution in [2.45, 2.75) is 43.6 Å². The average Bonchev–Trinajstić information content (AvgIpc) is 2.94. The zero-order valence-electron chi connectivity index (χ0n) is 14.6. The molecule has 1 saturated heterocycles. The lowest BCUT2D eigenvalue weighted by Gasteiger charge is -2.18. The van der Waals surface area contributed by atoms with E-state index in [9.17, 15) is 14.7 Å². The van der Waals surface area contributed by atoms with Crippen LogP contribution in [-0.4, -0.2) is 39.2 Å². The SMILES string of the molecule is CC(O)c1ccc(CCOC2C=CC(CC3SC(=O)NC3=O)=CC2)nc1. The third-order valence-corrected chi connectivity index (χ3v) is 5.33. The van der Waals surface area contributed by atoms with E-state index >= 15 is 0 Å². The topological polar surface area (TPSA) is 88.5 Å². The molecular formula is C19H22N2O4S. The van der Waals surface area contributed by atoms with E-state index in [1.165, 1.54) is 0 Å².